The van der Waals surface area contributed by atoms with Gasteiger partial charge in [-0.15, -0.1) is 11.3 Å². The number of nitrogens with two attached hydrogens (primary N) is 1. The first kappa shape index (κ1) is 18.2. The normalized spacial score (nSPS) is 11.4. The average Bonchev–Trinajstić information content (AvgIpc) is 2.86. The number of amides is 1. The van der Waals surface area contributed by atoms with Crippen LogP contribution >= 0.6 is 11.3 Å². The molecule has 3 N–H and O–H groups in total. The van der Waals surface area contributed by atoms with Crippen LogP contribution in [0.1, 0.15) is 46.8 Å². The zero-order valence-corrected chi connectivity index (χ0v) is 14.7. The van der Waals surface area contributed by atoms with Crippen LogP contribution in [0.3, 0.4) is 0 Å². The van der Waals surface area contributed by atoms with E-state index in [1.54, 1.807) is 7.05 Å². The van der Waals surface area contributed by atoms with Crippen molar-refractivity contribution >= 4 is 23.1 Å². The van der Waals surface area contributed by atoms with Crippen LogP contribution in [-0.4, -0.2) is 36.8 Å². The van der Waals surface area contributed by atoms with Gasteiger partial charge in [-0.25, -0.2) is 4.99 Å². The summed E-state index contributed by atoms with van der Waals surface area (Å²) in [5.74, 6) is 1.06. The highest BCUT2D eigenvalue weighted by Gasteiger charge is 2.19. The Morgan fingerprint density at radius 2 is 2.00 bits per heavy atom. The fourth-order valence-corrected chi connectivity index (χ4v) is 3.18. The molecule has 22 heavy (non-hydrogen) atoms. The number of carbonyl (C=O) groups excluding carboxylic acids is 1. The van der Waals surface area contributed by atoms with Crippen LogP contribution in [0, 0.1) is 6.92 Å². The van der Waals surface area contributed by atoms with E-state index >= 15 is 0 Å². The van der Waals surface area contributed by atoms with Crippen LogP contribution in [-0.2, 0) is 0 Å². The largest absolute Gasteiger partial charge is 0.374 e. The summed E-state index contributed by atoms with van der Waals surface area (Å²) in [6.45, 7) is 12.0. The molecule has 0 saturated heterocycles. The second-order valence-corrected chi connectivity index (χ2v) is 6.16. The van der Waals surface area contributed by atoms with Gasteiger partial charge >= 0.3 is 0 Å². The Bertz CT molecular complexity index is 556. The standard InChI is InChI=1S/C16H26N4OS/c1-6-8-20(9-7-2)16(19-12(4)18-5)14-11(3)10-13(22-14)15(17)21/h10,18H,4,6-9H2,1-3,5H3,(H2,17,21)/b19-16+. The molecule has 0 saturated carbocycles. The summed E-state index contributed by atoms with van der Waals surface area (Å²) >= 11 is 1.39. The minimum atomic E-state index is -0.399. The monoisotopic (exact) mass is 322 g/mol. The summed E-state index contributed by atoms with van der Waals surface area (Å²) < 4.78 is 0. The van der Waals surface area contributed by atoms with Crippen LogP contribution < -0.4 is 11.1 Å². The number of nitrogens with one attached hydrogen (secondary N) is 1. The summed E-state index contributed by atoms with van der Waals surface area (Å²) in [5.41, 5.74) is 6.42. The van der Waals surface area contributed by atoms with E-state index in [1.165, 1.54) is 11.3 Å². The minimum Gasteiger partial charge on any atom is -0.374 e. The Kier molecular flexibility index (Phi) is 7.11. The number of rotatable bonds is 8. The van der Waals surface area contributed by atoms with Gasteiger partial charge in [0.1, 0.15) is 11.7 Å². The number of aliphatic imine (C=N–C) groups is 1. The van der Waals surface area contributed by atoms with Crippen molar-refractivity contribution in [2.75, 3.05) is 20.1 Å². The van der Waals surface area contributed by atoms with Crippen molar-refractivity contribution < 1.29 is 4.79 Å². The van der Waals surface area contributed by atoms with Crippen molar-refractivity contribution in [3.63, 3.8) is 0 Å². The highest BCUT2D eigenvalue weighted by molar-refractivity contribution is 7.16. The Labute approximate surface area is 136 Å². The summed E-state index contributed by atoms with van der Waals surface area (Å²) in [4.78, 5) is 19.8. The Balaban J connectivity index is 3.33. The van der Waals surface area contributed by atoms with Gasteiger partial charge in [0.25, 0.3) is 5.91 Å². The molecule has 122 valence electrons. The van der Waals surface area contributed by atoms with Gasteiger partial charge < -0.3 is 16.0 Å². The molecule has 5 nitrogen and oxygen atoms in total. The van der Waals surface area contributed by atoms with Crippen molar-refractivity contribution in [1.29, 1.82) is 0 Å². The van der Waals surface area contributed by atoms with Gasteiger partial charge in [-0.2, -0.15) is 0 Å². The van der Waals surface area contributed by atoms with Gasteiger partial charge in [0.05, 0.1) is 9.75 Å². The van der Waals surface area contributed by atoms with Crippen LogP contribution in [0.25, 0.3) is 0 Å². The molecule has 0 fully saturated rings. The van der Waals surface area contributed by atoms with E-state index in [4.69, 9.17) is 5.73 Å². The second kappa shape index (κ2) is 8.58. The molecule has 1 amide bonds. The van der Waals surface area contributed by atoms with Crippen LogP contribution in [0.5, 0.6) is 0 Å². The van der Waals surface area contributed by atoms with Crippen LogP contribution in [0.4, 0.5) is 0 Å². The van der Waals surface area contributed by atoms with E-state index in [-0.39, 0.29) is 0 Å². The third-order valence-electron chi connectivity index (χ3n) is 3.18. The average molecular weight is 322 g/mol. The van der Waals surface area contributed by atoms with Gasteiger partial charge in [-0.1, -0.05) is 20.4 Å². The number of hydrogen-bond acceptors (Lipinski definition) is 4. The van der Waals surface area contributed by atoms with Crippen molar-refractivity contribution in [3.8, 4) is 0 Å². The van der Waals surface area contributed by atoms with E-state index in [0.29, 0.717) is 10.7 Å². The van der Waals surface area contributed by atoms with Gasteiger partial charge in [0, 0.05) is 20.1 Å². The molecule has 1 aromatic heterocycles. The number of carbonyl (C=O) groups is 1. The lowest BCUT2D eigenvalue weighted by atomic mass is 10.2. The Morgan fingerprint density at radius 3 is 2.41 bits per heavy atom. The van der Waals surface area contributed by atoms with E-state index < -0.39 is 5.91 Å². The first-order valence-electron chi connectivity index (χ1n) is 7.55. The summed E-state index contributed by atoms with van der Waals surface area (Å²) in [5, 5.41) is 2.96. The first-order chi connectivity index (χ1) is 10.4. The molecule has 0 unspecified atom stereocenters. The SMILES string of the molecule is C=C(/N=C(\c1sc(C(N)=O)cc1C)N(CCC)CCC)NC. The van der Waals surface area contributed by atoms with Gasteiger partial charge in [-0.3, -0.25) is 4.79 Å². The van der Waals surface area contributed by atoms with Crippen molar-refractivity contribution in [2.45, 2.75) is 33.6 Å². The highest BCUT2D eigenvalue weighted by Crippen LogP contribution is 2.24. The lowest BCUT2D eigenvalue weighted by Crippen LogP contribution is -2.33. The molecule has 0 aliphatic carbocycles. The first-order valence-corrected chi connectivity index (χ1v) is 8.37. The minimum absolute atomic E-state index is 0.399. The maximum absolute atomic E-state index is 11.4. The highest BCUT2D eigenvalue weighted by atomic mass is 32.1. The molecule has 0 aromatic carbocycles. The molecule has 1 aromatic rings. The predicted molar refractivity (Wildman–Crippen MR) is 94.5 cm³/mol. The van der Waals surface area contributed by atoms with Crippen molar-refractivity contribution in [2.24, 2.45) is 10.7 Å². The Morgan fingerprint density at radius 1 is 1.41 bits per heavy atom. The fourth-order valence-electron chi connectivity index (χ4n) is 2.14. The van der Waals surface area contributed by atoms with E-state index in [1.807, 2.05) is 13.0 Å². The predicted octanol–water partition coefficient (Wildman–Crippen LogP) is 2.71. The number of hydrogen-bond donors (Lipinski definition) is 2. The summed E-state index contributed by atoms with van der Waals surface area (Å²) in [7, 11) is 1.80. The van der Waals surface area contributed by atoms with Gasteiger partial charge in [0.15, 0.2) is 0 Å². The number of aryl methyl sites for hydroxylation is 1. The molecule has 0 aliphatic heterocycles. The molecule has 1 rings (SSSR count). The zero-order chi connectivity index (χ0) is 16.7. The number of amidine groups is 1. The molecule has 0 aliphatic rings. The maximum Gasteiger partial charge on any atom is 0.258 e. The lowest BCUT2D eigenvalue weighted by molar-refractivity contribution is 0.100. The lowest BCUT2D eigenvalue weighted by Gasteiger charge is -2.25. The molecule has 0 bridgehead atoms. The quantitative estimate of drug-likeness (QED) is 0.571. The number of nitrogens with zero attached hydrogens (tertiary/aromatic N) is 2. The van der Waals surface area contributed by atoms with E-state index in [0.717, 1.165) is 42.2 Å². The second-order valence-electron chi connectivity index (χ2n) is 5.11. The smallest absolute Gasteiger partial charge is 0.258 e. The van der Waals surface area contributed by atoms with Crippen LogP contribution in [0.2, 0.25) is 0 Å². The fraction of sp³-hybridized carbons (Fsp3) is 0.500. The third-order valence-corrected chi connectivity index (χ3v) is 4.43. The van der Waals surface area contributed by atoms with Crippen molar-refractivity contribution in [3.05, 3.63) is 33.8 Å². The number of primary amides is 1. The topological polar surface area (TPSA) is 70.7 Å². The van der Waals surface area contributed by atoms with E-state index in [9.17, 15) is 4.79 Å². The number of thiophene rings is 1. The third kappa shape index (κ3) is 4.59. The summed E-state index contributed by atoms with van der Waals surface area (Å²) in [6.07, 6.45) is 2.05. The van der Waals surface area contributed by atoms with Crippen molar-refractivity contribution in [1.82, 2.24) is 10.2 Å². The molecule has 0 radical (unpaired) electrons. The van der Waals surface area contributed by atoms with Gasteiger partial charge in [-0.05, 0) is 31.4 Å². The maximum atomic E-state index is 11.4. The van der Waals surface area contributed by atoms with Crippen LogP contribution in [0.15, 0.2) is 23.5 Å². The molecule has 0 spiro atoms. The Hall–Kier alpha value is -1.82. The molecular weight excluding hydrogens is 296 g/mol. The molecule has 1 heterocycles. The zero-order valence-electron chi connectivity index (χ0n) is 13.9. The van der Waals surface area contributed by atoms with Gasteiger partial charge in [0.2, 0.25) is 0 Å². The summed E-state index contributed by atoms with van der Waals surface area (Å²) in [6, 6.07) is 1.83. The molecule has 6 heteroatoms. The van der Waals surface area contributed by atoms with E-state index in [2.05, 4.69) is 35.6 Å². The molecular formula is C16H26N4OS. The molecule has 0 atom stereocenters.